The SMILES string of the molecule is CCCCCC=CCC=CCC=CCC=CCC=CCCC(=O)O[C@H](COC=CCCCCCCCCC=CCCCCCC)COP(=O)(O)OCCN. The Morgan fingerprint density at radius 1 is 0.574 bits per heavy atom. The zero-order valence-electron chi connectivity index (χ0n) is 34.2. The second-order valence-corrected chi connectivity index (χ2v) is 15.0. The summed E-state index contributed by atoms with van der Waals surface area (Å²) in [6.07, 6.45) is 54.2. The van der Waals surface area contributed by atoms with Crippen molar-refractivity contribution in [1.82, 2.24) is 0 Å². The van der Waals surface area contributed by atoms with Gasteiger partial charge in [-0.15, -0.1) is 0 Å². The fourth-order valence-electron chi connectivity index (χ4n) is 5.23. The van der Waals surface area contributed by atoms with E-state index in [0.717, 1.165) is 38.5 Å². The lowest BCUT2D eigenvalue weighted by Crippen LogP contribution is -2.27. The molecule has 0 fully saturated rings. The number of allylic oxidation sites excluding steroid dienone is 13. The lowest BCUT2D eigenvalue weighted by atomic mass is 10.1. The maximum atomic E-state index is 12.5. The van der Waals surface area contributed by atoms with E-state index in [4.69, 9.17) is 24.3 Å². The normalized spacial score (nSPS) is 14.3. The zero-order valence-corrected chi connectivity index (χ0v) is 35.1. The van der Waals surface area contributed by atoms with Gasteiger partial charge in [0.1, 0.15) is 6.61 Å². The molecule has 0 bridgehead atoms. The molecule has 0 aromatic heterocycles. The largest absolute Gasteiger partial charge is 0.498 e. The highest BCUT2D eigenvalue weighted by Crippen LogP contribution is 2.43. The van der Waals surface area contributed by atoms with Crippen LogP contribution in [0.2, 0.25) is 0 Å². The first-order chi connectivity index (χ1) is 26.4. The highest BCUT2D eigenvalue weighted by molar-refractivity contribution is 7.47. The summed E-state index contributed by atoms with van der Waals surface area (Å²) < 4.78 is 33.0. The molecule has 0 radical (unpaired) electrons. The van der Waals surface area contributed by atoms with Gasteiger partial charge in [0, 0.05) is 13.0 Å². The van der Waals surface area contributed by atoms with Gasteiger partial charge >= 0.3 is 13.8 Å². The van der Waals surface area contributed by atoms with Gasteiger partial charge in [0.15, 0.2) is 6.10 Å². The minimum Gasteiger partial charge on any atom is -0.498 e. The molecule has 8 nitrogen and oxygen atoms in total. The van der Waals surface area contributed by atoms with Crippen LogP contribution in [0.4, 0.5) is 0 Å². The number of ether oxygens (including phenoxy) is 2. The van der Waals surface area contributed by atoms with E-state index >= 15 is 0 Å². The van der Waals surface area contributed by atoms with Gasteiger partial charge in [-0.1, -0.05) is 145 Å². The van der Waals surface area contributed by atoms with Gasteiger partial charge in [-0.25, -0.2) is 4.57 Å². The van der Waals surface area contributed by atoms with E-state index in [-0.39, 0.29) is 32.8 Å². The van der Waals surface area contributed by atoms with Crippen LogP contribution in [0.3, 0.4) is 0 Å². The number of rotatable bonds is 39. The Morgan fingerprint density at radius 3 is 1.54 bits per heavy atom. The van der Waals surface area contributed by atoms with Crippen molar-refractivity contribution >= 4 is 13.8 Å². The summed E-state index contributed by atoms with van der Waals surface area (Å²) in [4.78, 5) is 22.4. The van der Waals surface area contributed by atoms with Gasteiger partial charge in [-0.3, -0.25) is 13.8 Å². The standard InChI is InChI=1S/C45H78NO7P/c1-3-5-7-9-11-13-15-17-19-21-22-23-24-26-28-30-32-34-36-38-45(47)53-44(43-52-54(48,49)51-41-39-46)42-50-40-37-35-33-31-29-27-25-20-18-16-14-12-10-8-6-4-2/h11,13-14,16-17,19,22-23,26,28,32,34,37,40,44H,3-10,12,15,18,20-21,24-25,27,29-31,33,35-36,38-39,41-43,46H2,1-2H3,(H,48,49)/t44-/m1/s1. The van der Waals surface area contributed by atoms with Crippen molar-refractivity contribution in [2.45, 2.75) is 168 Å². The van der Waals surface area contributed by atoms with Crippen molar-refractivity contribution in [3.63, 3.8) is 0 Å². The average Bonchev–Trinajstić information content (AvgIpc) is 3.16. The molecular weight excluding hydrogens is 697 g/mol. The van der Waals surface area contributed by atoms with Crippen LogP contribution in [0.15, 0.2) is 85.3 Å². The summed E-state index contributed by atoms with van der Waals surface area (Å²) in [5.74, 6) is -0.437. The fraction of sp³-hybridized carbons (Fsp3) is 0.667. The van der Waals surface area contributed by atoms with Crippen LogP contribution >= 0.6 is 7.82 Å². The van der Waals surface area contributed by atoms with Gasteiger partial charge in [0.2, 0.25) is 0 Å². The predicted molar refractivity (Wildman–Crippen MR) is 228 cm³/mol. The van der Waals surface area contributed by atoms with Crippen molar-refractivity contribution < 1.29 is 32.8 Å². The number of unbranched alkanes of at least 4 members (excludes halogenated alkanes) is 14. The number of phosphoric acid groups is 1. The van der Waals surface area contributed by atoms with Crippen LogP contribution in [0.25, 0.3) is 0 Å². The summed E-state index contributed by atoms with van der Waals surface area (Å²) in [6, 6.07) is 0. The van der Waals surface area contributed by atoms with Gasteiger partial charge in [-0.05, 0) is 89.5 Å². The molecule has 0 aliphatic heterocycles. The molecule has 9 heteroatoms. The number of carbonyl (C=O) groups is 1. The van der Waals surface area contributed by atoms with Crippen LogP contribution in [0.1, 0.15) is 162 Å². The second kappa shape index (κ2) is 41.7. The zero-order chi connectivity index (χ0) is 39.5. The first-order valence-corrected chi connectivity index (χ1v) is 22.6. The monoisotopic (exact) mass is 776 g/mol. The second-order valence-electron chi connectivity index (χ2n) is 13.6. The smallest absolute Gasteiger partial charge is 0.472 e. The Kier molecular flexibility index (Phi) is 39.8. The molecule has 0 saturated carbocycles. The van der Waals surface area contributed by atoms with E-state index in [1.165, 1.54) is 96.3 Å². The van der Waals surface area contributed by atoms with Crippen molar-refractivity contribution in [2.75, 3.05) is 26.4 Å². The number of hydrogen-bond acceptors (Lipinski definition) is 7. The molecule has 0 saturated heterocycles. The third-order valence-electron chi connectivity index (χ3n) is 8.36. The van der Waals surface area contributed by atoms with Crippen molar-refractivity contribution in [3.8, 4) is 0 Å². The number of carbonyl (C=O) groups excluding carboxylic acids is 1. The Morgan fingerprint density at radius 2 is 1.00 bits per heavy atom. The van der Waals surface area contributed by atoms with E-state index in [2.05, 4.69) is 74.6 Å². The molecule has 0 rings (SSSR count). The average molecular weight is 776 g/mol. The van der Waals surface area contributed by atoms with E-state index in [1.54, 1.807) is 6.26 Å². The van der Waals surface area contributed by atoms with Crippen LogP contribution in [-0.2, 0) is 27.9 Å². The third kappa shape index (κ3) is 40.7. The van der Waals surface area contributed by atoms with E-state index in [0.29, 0.717) is 6.42 Å². The minimum atomic E-state index is -4.32. The van der Waals surface area contributed by atoms with Crippen molar-refractivity contribution in [1.29, 1.82) is 0 Å². The molecular formula is C45H78NO7P. The molecule has 0 aliphatic carbocycles. The third-order valence-corrected chi connectivity index (χ3v) is 9.35. The van der Waals surface area contributed by atoms with E-state index in [1.807, 2.05) is 18.2 Å². The highest BCUT2D eigenvalue weighted by atomic mass is 31.2. The van der Waals surface area contributed by atoms with E-state index < -0.39 is 19.9 Å². The molecule has 310 valence electrons. The molecule has 54 heavy (non-hydrogen) atoms. The van der Waals surface area contributed by atoms with Gasteiger partial charge in [0.05, 0.1) is 19.5 Å². The topological polar surface area (TPSA) is 117 Å². The highest BCUT2D eigenvalue weighted by Gasteiger charge is 2.25. The fourth-order valence-corrected chi connectivity index (χ4v) is 6.00. The summed E-state index contributed by atoms with van der Waals surface area (Å²) in [5, 5.41) is 0. The Balaban J connectivity index is 4.27. The molecule has 0 heterocycles. The summed E-state index contributed by atoms with van der Waals surface area (Å²) in [7, 11) is -4.32. The predicted octanol–water partition coefficient (Wildman–Crippen LogP) is 12.9. The van der Waals surface area contributed by atoms with Crippen LogP contribution in [0.5, 0.6) is 0 Å². The number of phosphoric ester groups is 1. The summed E-state index contributed by atoms with van der Waals surface area (Å²) in [5.41, 5.74) is 5.35. The summed E-state index contributed by atoms with van der Waals surface area (Å²) >= 11 is 0. The quantitative estimate of drug-likeness (QED) is 0.0208. The maximum absolute atomic E-state index is 12.5. The Labute approximate surface area is 330 Å². The first kappa shape index (κ1) is 51.5. The lowest BCUT2D eigenvalue weighted by molar-refractivity contribution is -0.153. The molecule has 0 amide bonds. The van der Waals surface area contributed by atoms with Crippen molar-refractivity contribution in [3.05, 3.63) is 85.3 Å². The summed E-state index contributed by atoms with van der Waals surface area (Å²) in [6.45, 7) is 4.09. The molecule has 0 aromatic carbocycles. The molecule has 3 N–H and O–H groups in total. The Bertz CT molecular complexity index is 1100. The number of esters is 1. The first-order valence-electron chi connectivity index (χ1n) is 21.1. The minimum absolute atomic E-state index is 0.00573. The molecule has 0 aromatic rings. The van der Waals surface area contributed by atoms with Crippen LogP contribution in [-0.4, -0.2) is 43.3 Å². The number of hydrogen-bond donors (Lipinski definition) is 2. The maximum Gasteiger partial charge on any atom is 0.472 e. The molecule has 2 atom stereocenters. The molecule has 0 aliphatic rings. The van der Waals surface area contributed by atoms with Crippen molar-refractivity contribution in [2.24, 2.45) is 5.73 Å². The molecule has 0 spiro atoms. The number of nitrogens with two attached hydrogens (primary N) is 1. The van der Waals surface area contributed by atoms with Crippen LogP contribution < -0.4 is 5.73 Å². The van der Waals surface area contributed by atoms with Gasteiger partial charge in [0.25, 0.3) is 0 Å². The van der Waals surface area contributed by atoms with E-state index in [9.17, 15) is 14.3 Å². The lowest BCUT2D eigenvalue weighted by Gasteiger charge is -2.19. The van der Waals surface area contributed by atoms with Gasteiger partial charge < -0.3 is 20.1 Å². The van der Waals surface area contributed by atoms with Gasteiger partial charge in [-0.2, -0.15) is 0 Å². The Hall–Kier alpha value is -2.48. The molecule has 1 unspecified atom stereocenters. The van der Waals surface area contributed by atoms with Crippen LogP contribution in [0, 0.1) is 0 Å².